The van der Waals surface area contributed by atoms with E-state index in [1.165, 1.54) is 22.7 Å². The Morgan fingerprint density at radius 1 is 1.33 bits per heavy atom. The molecule has 0 radical (unpaired) electrons. The van der Waals surface area contributed by atoms with E-state index in [0.717, 1.165) is 41.8 Å². The van der Waals surface area contributed by atoms with Crippen LogP contribution in [0.25, 0.3) is 0 Å². The van der Waals surface area contributed by atoms with Gasteiger partial charge in [0, 0.05) is 27.2 Å². The standard InChI is InChI=1S/C24H29ClN2O2S/c1-5-20-17(4)26(18-11-8-7-9-12-18)24(29)23(20)27(21(6-2)16(3)25)22(28)15-19-13-10-14-30-19/h5-6,10,13-14,18,23H,1-2,7-9,11-12,15H2,3-4H3/b21-16-. The fourth-order valence-corrected chi connectivity index (χ4v) is 5.40. The number of hydrogen-bond acceptors (Lipinski definition) is 3. The van der Waals surface area contributed by atoms with Gasteiger partial charge in [0.15, 0.2) is 0 Å². The molecule has 0 N–H and O–H groups in total. The van der Waals surface area contributed by atoms with E-state index in [9.17, 15) is 9.59 Å². The molecular weight excluding hydrogens is 416 g/mol. The van der Waals surface area contributed by atoms with Crippen molar-refractivity contribution in [2.24, 2.45) is 0 Å². The van der Waals surface area contributed by atoms with Gasteiger partial charge in [-0.25, -0.2) is 0 Å². The van der Waals surface area contributed by atoms with Crippen LogP contribution in [0.4, 0.5) is 0 Å². The van der Waals surface area contributed by atoms with Crippen LogP contribution in [-0.2, 0) is 16.0 Å². The summed E-state index contributed by atoms with van der Waals surface area (Å²) in [5.41, 5.74) is 2.12. The summed E-state index contributed by atoms with van der Waals surface area (Å²) in [4.78, 5) is 31.6. The summed E-state index contributed by atoms with van der Waals surface area (Å²) >= 11 is 7.87. The summed E-state index contributed by atoms with van der Waals surface area (Å²) in [6, 6.07) is 3.25. The van der Waals surface area contributed by atoms with Crippen molar-refractivity contribution in [3.63, 3.8) is 0 Å². The maximum Gasteiger partial charge on any atom is 0.254 e. The first kappa shape index (κ1) is 22.6. The van der Waals surface area contributed by atoms with Crippen LogP contribution in [-0.4, -0.2) is 33.7 Å². The van der Waals surface area contributed by atoms with Crippen molar-refractivity contribution in [1.29, 1.82) is 0 Å². The van der Waals surface area contributed by atoms with Gasteiger partial charge in [-0.15, -0.1) is 11.3 Å². The summed E-state index contributed by atoms with van der Waals surface area (Å²) in [6.45, 7) is 11.5. The Morgan fingerprint density at radius 2 is 2.03 bits per heavy atom. The predicted octanol–water partition coefficient (Wildman–Crippen LogP) is 5.78. The van der Waals surface area contributed by atoms with Gasteiger partial charge >= 0.3 is 0 Å². The van der Waals surface area contributed by atoms with Gasteiger partial charge < -0.3 is 4.90 Å². The molecule has 160 valence electrons. The molecule has 1 fully saturated rings. The normalized spacial score (nSPS) is 21.0. The Balaban J connectivity index is 2.03. The predicted molar refractivity (Wildman–Crippen MR) is 124 cm³/mol. The number of amides is 2. The maximum atomic E-state index is 13.7. The Bertz CT molecular complexity index is 890. The molecule has 0 aromatic carbocycles. The molecule has 1 saturated carbocycles. The molecule has 4 nitrogen and oxygen atoms in total. The Labute approximate surface area is 188 Å². The lowest BCUT2D eigenvalue weighted by Crippen LogP contribution is -2.49. The summed E-state index contributed by atoms with van der Waals surface area (Å²) in [5, 5.41) is 2.36. The molecule has 0 spiro atoms. The lowest BCUT2D eigenvalue weighted by atomic mass is 9.94. The lowest BCUT2D eigenvalue weighted by Gasteiger charge is -2.34. The SMILES string of the molecule is C=CC1=C(C)N(C2CCCCC2)C(=O)C1N(C(=O)Cc1cccs1)/C(C=C)=C(/C)Cl. The van der Waals surface area contributed by atoms with Crippen molar-refractivity contribution in [3.8, 4) is 0 Å². The highest BCUT2D eigenvalue weighted by atomic mass is 35.5. The highest BCUT2D eigenvalue weighted by Gasteiger charge is 2.45. The summed E-state index contributed by atoms with van der Waals surface area (Å²) < 4.78 is 0. The largest absolute Gasteiger partial charge is 0.311 e. The smallest absolute Gasteiger partial charge is 0.254 e. The molecule has 2 amide bonds. The molecule has 1 aliphatic heterocycles. The van der Waals surface area contributed by atoms with Gasteiger partial charge in [0.2, 0.25) is 5.91 Å². The zero-order valence-electron chi connectivity index (χ0n) is 17.7. The minimum absolute atomic E-state index is 0.0777. The first-order valence-corrected chi connectivity index (χ1v) is 11.7. The molecule has 1 atom stereocenters. The van der Waals surface area contributed by atoms with Crippen molar-refractivity contribution < 1.29 is 9.59 Å². The zero-order chi connectivity index (χ0) is 21.8. The second-order valence-corrected chi connectivity index (χ2v) is 9.39. The molecule has 2 aliphatic rings. The van der Waals surface area contributed by atoms with Crippen LogP contribution in [0.1, 0.15) is 50.8 Å². The minimum Gasteiger partial charge on any atom is -0.311 e. The van der Waals surface area contributed by atoms with Crippen molar-refractivity contribution in [1.82, 2.24) is 9.80 Å². The van der Waals surface area contributed by atoms with Crippen LogP contribution in [0, 0.1) is 0 Å². The molecule has 1 aromatic rings. The van der Waals surface area contributed by atoms with Gasteiger partial charge in [0.25, 0.3) is 5.91 Å². The van der Waals surface area contributed by atoms with E-state index < -0.39 is 6.04 Å². The molecule has 2 heterocycles. The third-order valence-electron chi connectivity index (χ3n) is 5.94. The van der Waals surface area contributed by atoms with Crippen molar-refractivity contribution in [3.05, 3.63) is 69.7 Å². The van der Waals surface area contributed by atoms with Crippen LogP contribution in [0.2, 0.25) is 0 Å². The van der Waals surface area contributed by atoms with Crippen LogP contribution >= 0.6 is 22.9 Å². The fraction of sp³-hybridized carbons (Fsp3) is 0.417. The number of rotatable bonds is 7. The molecule has 0 bridgehead atoms. The van der Waals surface area contributed by atoms with E-state index in [1.807, 2.05) is 29.3 Å². The van der Waals surface area contributed by atoms with Crippen LogP contribution in [0.15, 0.2) is 64.8 Å². The number of thiophene rings is 1. The number of carbonyl (C=O) groups excluding carboxylic acids is 2. The van der Waals surface area contributed by atoms with E-state index in [4.69, 9.17) is 11.6 Å². The second-order valence-electron chi connectivity index (χ2n) is 7.79. The van der Waals surface area contributed by atoms with Gasteiger partial charge in [-0.1, -0.05) is 56.2 Å². The molecular formula is C24H29ClN2O2S. The summed E-state index contributed by atoms with van der Waals surface area (Å²) in [7, 11) is 0. The van der Waals surface area contributed by atoms with E-state index in [1.54, 1.807) is 19.1 Å². The zero-order valence-corrected chi connectivity index (χ0v) is 19.3. The molecule has 1 aliphatic carbocycles. The third kappa shape index (κ3) is 4.33. The Kier molecular flexibility index (Phi) is 7.37. The average molecular weight is 445 g/mol. The minimum atomic E-state index is -0.765. The summed E-state index contributed by atoms with van der Waals surface area (Å²) in [6.07, 6.45) is 8.89. The Morgan fingerprint density at radius 3 is 2.57 bits per heavy atom. The van der Waals surface area contributed by atoms with Crippen LogP contribution in [0.5, 0.6) is 0 Å². The molecule has 6 heteroatoms. The third-order valence-corrected chi connectivity index (χ3v) is 7.01. The first-order valence-electron chi connectivity index (χ1n) is 10.4. The van der Waals surface area contributed by atoms with Crippen molar-refractivity contribution >= 4 is 34.8 Å². The molecule has 1 unspecified atom stereocenters. The number of carbonyl (C=O) groups is 2. The number of nitrogens with zero attached hydrogens (tertiary/aromatic N) is 2. The van der Waals surface area contributed by atoms with Gasteiger partial charge in [-0.2, -0.15) is 0 Å². The van der Waals surface area contributed by atoms with Crippen LogP contribution in [0.3, 0.4) is 0 Å². The number of hydrogen-bond donors (Lipinski definition) is 0. The van der Waals surface area contributed by atoms with Crippen LogP contribution < -0.4 is 0 Å². The van der Waals surface area contributed by atoms with E-state index in [-0.39, 0.29) is 24.3 Å². The molecule has 3 rings (SSSR count). The van der Waals surface area contributed by atoms with Gasteiger partial charge in [0.05, 0.1) is 12.1 Å². The van der Waals surface area contributed by atoms with Gasteiger partial charge in [-0.05, 0) is 44.2 Å². The summed E-state index contributed by atoms with van der Waals surface area (Å²) in [5.74, 6) is -0.255. The van der Waals surface area contributed by atoms with E-state index in [0.29, 0.717) is 10.7 Å². The molecule has 0 saturated heterocycles. The lowest BCUT2D eigenvalue weighted by molar-refractivity contribution is -0.140. The monoisotopic (exact) mass is 444 g/mol. The highest BCUT2D eigenvalue weighted by molar-refractivity contribution is 7.10. The first-order chi connectivity index (χ1) is 14.4. The molecule has 1 aromatic heterocycles. The highest BCUT2D eigenvalue weighted by Crippen LogP contribution is 2.37. The van der Waals surface area contributed by atoms with Gasteiger partial charge in [-0.3, -0.25) is 14.5 Å². The van der Waals surface area contributed by atoms with Crippen molar-refractivity contribution in [2.45, 2.75) is 64.5 Å². The fourth-order valence-electron chi connectivity index (χ4n) is 4.54. The Hall–Kier alpha value is -2.11. The quantitative estimate of drug-likeness (QED) is 0.500. The van der Waals surface area contributed by atoms with E-state index in [2.05, 4.69) is 13.2 Å². The molecule has 30 heavy (non-hydrogen) atoms. The average Bonchev–Trinajstić information content (AvgIpc) is 3.31. The number of allylic oxidation sites excluding steroid dienone is 3. The maximum absolute atomic E-state index is 13.7. The van der Waals surface area contributed by atoms with Gasteiger partial charge in [0.1, 0.15) is 6.04 Å². The van der Waals surface area contributed by atoms with E-state index >= 15 is 0 Å². The van der Waals surface area contributed by atoms with Crippen molar-refractivity contribution in [2.75, 3.05) is 0 Å². The number of halogens is 1. The second kappa shape index (κ2) is 9.80. The topological polar surface area (TPSA) is 40.6 Å².